The van der Waals surface area contributed by atoms with Crippen molar-refractivity contribution in [3.63, 3.8) is 0 Å². The molecule has 1 aromatic carbocycles. The molecule has 0 unspecified atom stereocenters. The predicted molar refractivity (Wildman–Crippen MR) is 79.7 cm³/mol. The van der Waals surface area contributed by atoms with Crippen LogP contribution in [-0.4, -0.2) is 17.9 Å². The number of rotatable bonds is 5. The molecule has 0 aliphatic carbocycles. The number of nitrogens with two attached hydrogens (primary N) is 1. The van der Waals surface area contributed by atoms with Gasteiger partial charge in [0.05, 0.1) is 6.54 Å². The second-order valence-electron chi connectivity index (χ2n) is 4.54. The van der Waals surface area contributed by atoms with Crippen molar-refractivity contribution in [2.45, 2.75) is 13.1 Å². The lowest BCUT2D eigenvalue weighted by Gasteiger charge is -2.15. The minimum Gasteiger partial charge on any atom is -0.455 e. The van der Waals surface area contributed by atoms with Gasteiger partial charge in [-0.2, -0.15) is 0 Å². The third-order valence-corrected chi connectivity index (χ3v) is 3.28. The van der Waals surface area contributed by atoms with Crippen molar-refractivity contribution in [1.29, 1.82) is 0 Å². The van der Waals surface area contributed by atoms with Gasteiger partial charge in [-0.3, -0.25) is 15.1 Å². The molecule has 0 fully saturated rings. The normalized spacial score (nSPS) is 10.8. The van der Waals surface area contributed by atoms with Crippen molar-refractivity contribution in [3.05, 3.63) is 58.0 Å². The van der Waals surface area contributed by atoms with Crippen LogP contribution in [0, 0.1) is 0 Å². The second-order valence-corrected chi connectivity index (χ2v) is 5.46. The van der Waals surface area contributed by atoms with Crippen molar-refractivity contribution in [2.24, 2.45) is 5.84 Å². The summed E-state index contributed by atoms with van der Waals surface area (Å²) >= 11 is 3.45. The molecule has 0 aliphatic heterocycles. The molecule has 5 nitrogen and oxygen atoms in total. The number of hydrogen-bond acceptors (Lipinski definition) is 4. The van der Waals surface area contributed by atoms with Crippen molar-refractivity contribution in [3.8, 4) is 0 Å². The first-order chi connectivity index (χ1) is 9.58. The van der Waals surface area contributed by atoms with E-state index in [1.807, 2.05) is 24.6 Å². The molecule has 106 valence electrons. The second kappa shape index (κ2) is 6.69. The van der Waals surface area contributed by atoms with E-state index in [0.717, 1.165) is 16.8 Å². The number of hydrogen-bond donors (Lipinski definition) is 2. The fourth-order valence-electron chi connectivity index (χ4n) is 1.92. The molecule has 1 amide bonds. The number of carbonyl (C=O) groups is 1. The van der Waals surface area contributed by atoms with E-state index < -0.39 is 5.91 Å². The first kappa shape index (κ1) is 14.8. The van der Waals surface area contributed by atoms with Crippen LogP contribution in [0.25, 0.3) is 0 Å². The molecule has 1 heterocycles. The zero-order valence-corrected chi connectivity index (χ0v) is 12.7. The highest BCUT2D eigenvalue weighted by atomic mass is 79.9. The molecule has 0 spiro atoms. The number of benzene rings is 1. The van der Waals surface area contributed by atoms with Crippen LogP contribution in [0.15, 0.2) is 45.3 Å². The summed E-state index contributed by atoms with van der Waals surface area (Å²) in [6.07, 6.45) is 0. The highest BCUT2D eigenvalue weighted by Gasteiger charge is 2.11. The summed E-state index contributed by atoms with van der Waals surface area (Å²) in [4.78, 5) is 13.4. The molecule has 2 rings (SSSR count). The van der Waals surface area contributed by atoms with Crippen molar-refractivity contribution in [1.82, 2.24) is 10.3 Å². The lowest BCUT2D eigenvalue weighted by atomic mass is 10.2. The molecule has 0 saturated carbocycles. The van der Waals surface area contributed by atoms with E-state index in [1.54, 1.807) is 12.1 Å². The largest absolute Gasteiger partial charge is 0.455 e. The summed E-state index contributed by atoms with van der Waals surface area (Å²) in [6.45, 7) is 1.41. The smallest absolute Gasteiger partial charge is 0.300 e. The number of furan rings is 1. The maximum absolute atomic E-state index is 11.3. The van der Waals surface area contributed by atoms with Gasteiger partial charge in [-0.15, -0.1) is 0 Å². The Morgan fingerprint density at radius 3 is 2.85 bits per heavy atom. The average Bonchev–Trinajstić information content (AvgIpc) is 2.86. The molecule has 0 aliphatic rings. The summed E-state index contributed by atoms with van der Waals surface area (Å²) in [5.74, 6) is 5.58. The Kier molecular flexibility index (Phi) is 4.94. The molecule has 20 heavy (non-hydrogen) atoms. The van der Waals surface area contributed by atoms with Crippen LogP contribution in [0.1, 0.15) is 21.9 Å². The Balaban J connectivity index is 1.96. The number of nitrogen functional groups attached to an aromatic ring is 1. The van der Waals surface area contributed by atoms with E-state index in [4.69, 9.17) is 10.3 Å². The fourth-order valence-corrected chi connectivity index (χ4v) is 2.37. The molecule has 0 radical (unpaired) electrons. The van der Waals surface area contributed by atoms with E-state index in [0.29, 0.717) is 6.54 Å². The molecule has 3 N–H and O–H groups in total. The lowest BCUT2D eigenvalue weighted by molar-refractivity contribution is 0.0922. The maximum atomic E-state index is 11.3. The third kappa shape index (κ3) is 3.93. The minimum absolute atomic E-state index is 0.221. The predicted octanol–water partition coefficient (Wildman–Crippen LogP) is 2.28. The number of halogens is 1. The molecule has 6 heteroatoms. The Labute approximate surface area is 125 Å². The first-order valence-corrected chi connectivity index (χ1v) is 6.90. The number of nitrogens with one attached hydrogen (secondary N) is 1. The quantitative estimate of drug-likeness (QED) is 0.498. The lowest BCUT2D eigenvalue weighted by Crippen LogP contribution is -2.29. The molecule has 1 aromatic heterocycles. The molecular weight excluding hydrogens is 322 g/mol. The molecule has 0 atom stereocenters. The summed E-state index contributed by atoms with van der Waals surface area (Å²) in [6, 6.07) is 11.5. The van der Waals surface area contributed by atoms with Crippen molar-refractivity contribution in [2.75, 3.05) is 7.05 Å². The zero-order valence-electron chi connectivity index (χ0n) is 11.1. The van der Waals surface area contributed by atoms with Gasteiger partial charge in [0.15, 0.2) is 5.76 Å². The Morgan fingerprint density at radius 1 is 1.35 bits per heavy atom. The number of hydrazine groups is 1. The molecule has 0 saturated heterocycles. The van der Waals surface area contributed by atoms with Crippen LogP contribution in [-0.2, 0) is 13.1 Å². The van der Waals surface area contributed by atoms with Crippen LogP contribution in [0.5, 0.6) is 0 Å². The topological polar surface area (TPSA) is 71.5 Å². The Morgan fingerprint density at radius 2 is 2.15 bits per heavy atom. The number of carbonyl (C=O) groups excluding carboxylic acids is 1. The van der Waals surface area contributed by atoms with Crippen LogP contribution in [0.3, 0.4) is 0 Å². The van der Waals surface area contributed by atoms with Gasteiger partial charge in [0.1, 0.15) is 5.76 Å². The van der Waals surface area contributed by atoms with Crippen LogP contribution < -0.4 is 11.3 Å². The third-order valence-electron chi connectivity index (χ3n) is 2.78. The highest BCUT2D eigenvalue weighted by molar-refractivity contribution is 9.10. The van der Waals surface area contributed by atoms with E-state index in [1.165, 1.54) is 5.56 Å². The van der Waals surface area contributed by atoms with E-state index in [2.05, 4.69) is 33.0 Å². The first-order valence-electron chi connectivity index (χ1n) is 6.11. The zero-order chi connectivity index (χ0) is 14.5. The summed E-state index contributed by atoms with van der Waals surface area (Å²) in [7, 11) is 1.99. The monoisotopic (exact) mass is 337 g/mol. The van der Waals surface area contributed by atoms with Gasteiger partial charge in [-0.25, -0.2) is 5.84 Å². The Hall–Kier alpha value is -1.63. The highest BCUT2D eigenvalue weighted by Crippen LogP contribution is 2.15. The number of nitrogens with zero attached hydrogens (tertiary/aromatic N) is 1. The molecule has 2 aromatic rings. The summed E-state index contributed by atoms with van der Waals surface area (Å²) in [5, 5.41) is 0. The maximum Gasteiger partial charge on any atom is 0.300 e. The van der Waals surface area contributed by atoms with Gasteiger partial charge in [-0.05, 0) is 36.9 Å². The number of amides is 1. The van der Waals surface area contributed by atoms with Gasteiger partial charge in [0.2, 0.25) is 0 Å². The van der Waals surface area contributed by atoms with Gasteiger partial charge in [0.25, 0.3) is 0 Å². The van der Waals surface area contributed by atoms with E-state index in [9.17, 15) is 4.79 Å². The standard InChI is InChI=1S/C14H16BrN3O2/c1-18(8-10-3-2-4-11(15)7-10)9-12-5-6-13(20-12)14(19)17-16/h2-7H,8-9,16H2,1H3,(H,17,19). The summed E-state index contributed by atoms with van der Waals surface area (Å²) in [5.41, 5.74) is 3.24. The van der Waals surface area contributed by atoms with E-state index in [-0.39, 0.29) is 5.76 Å². The summed E-state index contributed by atoms with van der Waals surface area (Å²) < 4.78 is 6.48. The SMILES string of the molecule is CN(Cc1cccc(Br)c1)Cc1ccc(C(=O)NN)o1. The van der Waals surface area contributed by atoms with Gasteiger partial charge >= 0.3 is 5.91 Å². The van der Waals surface area contributed by atoms with Gasteiger partial charge < -0.3 is 4.42 Å². The van der Waals surface area contributed by atoms with Crippen LogP contribution in [0.2, 0.25) is 0 Å². The van der Waals surface area contributed by atoms with Crippen molar-refractivity contribution >= 4 is 21.8 Å². The Bertz CT molecular complexity index is 598. The minimum atomic E-state index is -0.425. The van der Waals surface area contributed by atoms with Crippen molar-refractivity contribution < 1.29 is 9.21 Å². The molecule has 0 bridgehead atoms. The van der Waals surface area contributed by atoms with Gasteiger partial charge in [0, 0.05) is 11.0 Å². The average molecular weight is 338 g/mol. The van der Waals surface area contributed by atoms with E-state index >= 15 is 0 Å². The van der Waals surface area contributed by atoms with Crippen LogP contribution >= 0.6 is 15.9 Å². The fraction of sp³-hybridized carbons (Fsp3) is 0.214. The molecular formula is C14H16BrN3O2. The van der Waals surface area contributed by atoms with Crippen LogP contribution in [0.4, 0.5) is 0 Å². The van der Waals surface area contributed by atoms with Gasteiger partial charge in [-0.1, -0.05) is 28.1 Å².